The minimum atomic E-state index is -2.27. The summed E-state index contributed by atoms with van der Waals surface area (Å²) in [5.74, 6) is -14.2. The summed E-state index contributed by atoms with van der Waals surface area (Å²) in [4.78, 5) is 108. The molecule has 35 nitrogen and oxygen atoms in total. The summed E-state index contributed by atoms with van der Waals surface area (Å²) >= 11 is 13.6. The van der Waals surface area contributed by atoms with Crippen LogP contribution in [0.3, 0.4) is 0 Å². The number of amides is 6. The molecule has 3 fully saturated rings. The first-order valence-corrected chi connectivity index (χ1v) is 37.1. The van der Waals surface area contributed by atoms with E-state index >= 15 is 24.0 Å². The number of carboxylic acids is 1. The molecule has 8 heterocycles. The predicted octanol–water partition coefficient (Wildman–Crippen LogP) is 2.36. The third-order valence-corrected chi connectivity index (χ3v) is 21.3. The molecule has 0 spiro atoms. The number of fused-ring (bicyclic) bond motifs is 15. The van der Waals surface area contributed by atoms with Crippen LogP contribution < -0.4 is 63.3 Å². The average Bonchev–Trinajstić information content (AvgIpc) is 0.763. The molecule has 7 aromatic rings. The van der Waals surface area contributed by atoms with Gasteiger partial charge in [-0.25, -0.2) is 4.79 Å². The van der Waals surface area contributed by atoms with Crippen LogP contribution in [0.5, 0.6) is 51.7 Å². The fraction of sp³-hybridized carbons (Fsp3) is 0.372. The van der Waals surface area contributed by atoms with Crippen molar-refractivity contribution in [2.45, 2.75) is 167 Å². The first-order chi connectivity index (χ1) is 54.8. The maximum absolute atomic E-state index is 16.6. The number of carboxylic acid groups (broad SMARTS) is 1. The molecule has 0 radical (unpaired) electrons. The molecular formula is C78H83Cl2N9O26. The number of aliphatic hydroxyl groups is 5. The van der Waals surface area contributed by atoms with Crippen molar-refractivity contribution in [3.63, 3.8) is 0 Å². The molecule has 37 heteroatoms. The standard InChI is InChI=1S/C78H83Cl2N9O26/c1-30-63(95)44(81)27-54(108-30)114-70-66(98)65(97)53(29-90)112-78(70)115-69-51-23-37-24-52(69)111-50-18-13-36(22-43(50)80)68(113-55-28-45(82)67(107-3)31(2)109-55)62-76(104)87-60(77(105)106)41-25-38(91)26-49(94)56(41)40-20-35(12-16-47(40)92)58(73(101)89-62)86-74(102)59(37)85-71(99)46(19-32-7-5-4-6-8-32)84-75(103)61(64(96)33-9-14-39(110-51)15-10-33)88-72(100)57(83)34-11-17-48(93)42(79)21-34/h4-18,20-26,30-31,44-46,53-55,57-68,70,78,90-98H,19,27-29,81-83H2,1-3H3,(H,84,103)(H,85,99)(H,86,102)(H,87,104)(H,88,100)(H,89,101)(H,105,106)/t30-,31-,44-,45-,46-,53+,54-,55-,57+,58+,59+,60-,61+,62-,63-,64+,65+,66-,67-,68+,70+,78-/m0/s1. The Labute approximate surface area is 664 Å². The van der Waals surface area contributed by atoms with Gasteiger partial charge in [0.2, 0.25) is 47.5 Å². The normalized spacial score (nSPS) is 30.0. The van der Waals surface area contributed by atoms with E-state index in [1.807, 2.05) is 0 Å². The number of nitrogens with one attached hydrogen (secondary N) is 6. The van der Waals surface area contributed by atoms with E-state index in [1.165, 1.54) is 74.7 Å². The van der Waals surface area contributed by atoms with Gasteiger partial charge in [0.05, 0.1) is 41.1 Å². The number of hydrogen-bond donors (Lipinski definition) is 19. The Morgan fingerprint density at radius 2 is 1.26 bits per heavy atom. The molecule has 610 valence electrons. The van der Waals surface area contributed by atoms with Crippen molar-refractivity contribution in [3.05, 3.63) is 182 Å². The van der Waals surface area contributed by atoms with Crippen molar-refractivity contribution in [2.75, 3.05) is 13.7 Å². The fourth-order valence-electron chi connectivity index (χ4n) is 14.7. The number of halogens is 2. The van der Waals surface area contributed by atoms with Gasteiger partial charge in [0.25, 0.3) is 0 Å². The number of hydrogen-bond acceptors (Lipinski definition) is 28. The van der Waals surface area contributed by atoms with Crippen LogP contribution in [0.25, 0.3) is 11.1 Å². The number of benzene rings is 7. The summed E-state index contributed by atoms with van der Waals surface area (Å²) in [6, 6.07) is 11.6. The lowest BCUT2D eigenvalue weighted by Crippen LogP contribution is -2.62. The molecule has 22 atom stereocenters. The first kappa shape index (κ1) is 82.4. The van der Waals surface area contributed by atoms with E-state index in [0.717, 1.165) is 42.5 Å². The molecule has 8 aliphatic heterocycles. The molecule has 0 aromatic heterocycles. The van der Waals surface area contributed by atoms with Gasteiger partial charge in [-0.15, -0.1) is 0 Å². The van der Waals surface area contributed by atoms with Crippen molar-refractivity contribution in [1.29, 1.82) is 0 Å². The number of carbonyl (C=O) groups excluding carboxylic acids is 6. The summed E-state index contributed by atoms with van der Waals surface area (Å²) < 4.78 is 57.7. The number of rotatable bonds is 14. The van der Waals surface area contributed by atoms with Crippen LogP contribution >= 0.6 is 23.2 Å². The predicted molar refractivity (Wildman–Crippen MR) is 400 cm³/mol. The van der Waals surface area contributed by atoms with Gasteiger partial charge in [-0.3, -0.25) is 28.8 Å². The highest BCUT2D eigenvalue weighted by molar-refractivity contribution is 6.32. The number of carbonyl (C=O) groups is 7. The average molecular weight is 1630 g/mol. The van der Waals surface area contributed by atoms with E-state index in [2.05, 4.69) is 31.9 Å². The zero-order valence-electron chi connectivity index (χ0n) is 61.2. The maximum atomic E-state index is 16.6. The number of aliphatic carboxylic acids is 1. The molecule has 8 aliphatic rings. The van der Waals surface area contributed by atoms with Gasteiger partial charge in [-0.1, -0.05) is 83.9 Å². The van der Waals surface area contributed by atoms with Crippen LogP contribution in [0.4, 0.5) is 0 Å². The van der Waals surface area contributed by atoms with Gasteiger partial charge in [0, 0.05) is 61.2 Å². The van der Waals surface area contributed by atoms with Crippen molar-refractivity contribution < 1.29 is 127 Å². The Kier molecular flexibility index (Phi) is 24.7. The third-order valence-electron chi connectivity index (χ3n) is 20.7. The van der Waals surface area contributed by atoms with Gasteiger partial charge < -0.3 is 143 Å². The lowest BCUT2D eigenvalue weighted by Gasteiger charge is -2.44. The second kappa shape index (κ2) is 34.5. The monoisotopic (exact) mass is 1630 g/mol. The lowest BCUT2D eigenvalue weighted by molar-refractivity contribution is -0.330. The Hall–Kier alpha value is -10.6. The van der Waals surface area contributed by atoms with Gasteiger partial charge in [-0.05, 0) is 114 Å². The smallest absolute Gasteiger partial charge is 0.330 e. The zero-order chi connectivity index (χ0) is 82.3. The van der Waals surface area contributed by atoms with Gasteiger partial charge in [0.1, 0.15) is 101 Å². The van der Waals surface area contributed by atoms with Gasteiger partial charge >= 0.3 is 5.97 Å². The van der Waals surface area contributed by atoms with Crippen LogP contribution in [0, 0.1) is 0 Å². The summed E-state index contributed by atoms with van der Waals surface area (Å²) in [5, 5.41) is 129. The molecule has 11 bridgehead atoms. The van der Waals surface area contributed by atoms with Crippen LogP contribution in [-0.4, -0.2) is 204 Å². The highest BCUT2D eigenvalue weighted by Gasteiger charge is 2.51. The molecule has 115 heavy (non-hydrogen) atoms. The molecular weight excluding hydrogens is 1550 g/mol. The Balaban J connectivity index is 1.05. The summed E-state index contributed by atoms with van der Waals surface area (Å²) in [6.07, 6.45) is -20.6. The highest BCUT2D eigenvalue weighted by Crippen LogP contribution is 2.50. The van der Waals surface area contributed by atoms with Crippen LogP contribution in [0.1, 0.15) is 102 Å². The molecule has 6 amide bonds. The third kappa shape index (κ3) is 17.5. The molecule has 7 aromatic carbocycles. The fourth-order valence-corrected chi connectivity index (χ4v) is 15.1. The largest absolute Gasteiger partial charge is 0.508 e. The molecule has 3 saturated heterocycles. The number of aromatic hydroxyl groups is 4. The van der Waals surface area contributed by atoms with Gasteiger partial charge in [-0.2, -0.15) is 0 Å². The quantitative estimate of drug-likeness (QED) is 0.0743. The van der Waals surface area contributed by atoms with Crippen molar-refractivity contribution in [3.8, 4) is 62.9 Å². The van der Waals surface area contributed by atoms with Crippen molar-refractivity contribution in [2.24, 2.45) is 17.2 Å². The van der Waals surface area contributed by atoms with Crippen molar-refractivity contribution >= 4 is 64.6 Å². The number of ether oxygens (including phenoxy) is 9. The molecule has 22 N–H and O–H groups in total. The highest BCUT2D eigenvalue weighted by atomic mass is 35.5. The number of aliphatic hydroxyl groups excluding tert-OH is 5. The van der Waals surface area contributed by atoms with Crippen molar-refractivity contribution in [1.82, 2.24) is 31.9 Å². The second-order valence-electron chi connectivity index (χ2n) is 28.5. The van der Waals surface area contributed by atoms with E-state index in [4.69, 9.17) is 83.0 Å². The number of phenolic OH excluding ortho intramolecular Hbond substituents is 4. The number of methoxy groups -OCH3 is 1. The first-order valence-electron chi connectivity index (χ1n) is 36.3. The van der Waals surface area contributed by atoms with E-state index in [1.54, 1.807) is 37.3 Å². The SMILES string of the molecule is CO[C@H]1[C@H](C)O[C@@H](O[C@@H]2c3ccc(c(Cl)c3)Oc3cc4cc(c3O[C@@H]3O[C@H](CO)[C@@H](O)[C@H](O)[C@H]3O[C@H]3C[C@H](N)[C@@H](O)[C@H](C)O3)Oc3ccc(cc3)[C@@H](O)[C@@H](NC(=O)[C@H](N)c3ccc(O)c(Cl)c3)C(=O)N[C@@H](Cc3ccccc3)C(=O)N[C@H]4C(=O)N[C@H]3C(=O)N[C@@H]2C(=O)N[C@H](C(=O)O)c2cc(O)cc(O)c2-c2cc3ccc2O)C[C@@H]1N. The van der Waals surface area contributed by atoms with Crippen LogP contribution in [0.15, 0.2) is 133 Å². The molecule has 0 aliphatic carbocycles. The minimum absolute atomic E-state index is 0.0487. The van der Waals surface area contributed by atoms with Crippen LogP contribution in [0.2, 0.25) is 10.0 Å². The van der Waals surface area contributed by atoms with E-state index in [0.29, 0.717) is 5.56 Å². The Morgan fingerprint density at radius 3 is 1.94 bits per heavy atom. The molecule has 0 unspecified atom stereocenters. The summed E-state index contributed by atoms with van der Waals surface area (Å²) in [6.45, 7) is 2.17. The van der Waals surface area contributed by atoms with E-state index < -0.39 is 240 Å². The Bertz CT molecular complexity index is 4820. The topological polar surface area (TPSA) is 555 Å². The Morgan fingerprint density at radius 1 is 0.609 bits per heavy atom. The van der Waals surface area contributed by atoms with Crippen LogP contribution in [-0.2, 0) is 68.4 Å². The number of phenols is 4. The summed E-state index contributed by atoms with van der Waals surface area (Å²) in [5.41, 5.74) is 17.6. The second-order valence-corrected chi connectivity index (χ2v) is 29.4. The van der Waals surface area contributed by atoms with E-state index in [-0.39, 0.29) is 68.0 Å². The lowest BCUT2D eigenvalue weighted by atomic mass is 9.89. The summed E-state index contributed by atoms with van der Waals surface area (Å²) in [7, 11) is 1.40. The number of nitrogens with two attached hydrogens (primary N) is 3. The minimum Gasteiger partial charge on any atom is -0.508 e. The maximum Gasteiger partial charge on any atom is 0.330 e. The molecule has 15 rings (SSSR count). The van der Waals surface area contributed by atoms with Gasteiger partial charge in [0.15, 0.2) is 36.2 Å². The zero-order valence-corrected chi connectivity index (χ0v) is 62.7. The molecule has 0 saturated carbocycles. The van der Waals surface area contributed by atoms with E-state index in [9.17, 15) is 60.7 Å².